The van der Waals surface area contributed by atoms with Gasteiger partial charge in [0.2, 0.25) is 6.79 Å². The number of para-hydroxylation sites is 1. The number of hydrogen-bond donors (Lipinski definition) is 0. The van der Waals surface area contributed by atoms with Gasteiger partial charge in [0.25, 0.3) is 0 Å². The van der Waals surface area contributed by atoms with Crippen molar-refractivity contribution in [3.63, 3.8) is 0 Å². The zero-order chi connectivity index (χ0) is 7.68. The van der Waals surface area contributed by atoms with Crippen molar-refractivity contribution in [2.45, 2.75) is 0 Å². The smallest absolute Gasteiger partial charge is 0.344 e. The Balaban J connectivity index is 0.000000720. The van der Waals surface area contributed by atoms with Crippen LogP contribution in [0.1, 0.15) is 10.4 Å². The Morgan fingerprint density at radius 1 is 1.17 bits per heavy atom. The van der Waals surface area contributed by atoms with E-state index in [1.807, 2.05) is 6.07 Å². The van der Waals surface area contributed by atoms with Crippen molar-refractivity contribution in [2.24, 2.45) is 0 Å². The minimum atomic E-state index is -0.313. The van der Waals surface area contributed by atoms with E-state index >= 15 is 0 Å². The average molecular weight is 187 g/mol. The van der Waals surface area contributed by atoms with Gasteiger partial charge in [-0.25, -0.2) is 4.79 Å². The third kappa shape index (κ3) is 1.36. The highest BCUT2D eigenvalue weighted by Gasteiger charge is 2.17. The fourth-order valence-corrected chi connectivity index (χ4v) is 0.985. The summed E-state index contributed by atoms with van der Waals surface area (Å²) in [7, 11) is 0. The van der Waals surface area contributed by atoms with Gasteiger partial charge in [0, 0.05) is 0 Å². The molecule has 0 spiro atoms. The Kier molecular flexibility index (Phi) is 2.55. The number of rotatable bonds is 0. The average Bonchev–Trinajstić information content (AvgIpc) is 2.06. The number of esters is 1. The van der Waals surface area contributed by atoms with Crippen molar-refractivity contribution < 1.29 is 14.3 Å². The number of carbonyl (C=O) groups excluding carboxylic acids is 1. The van der Waals surface area contributed by atoms with Gasteiger partial charge >= 0.3 is 5.97 Å². The highest BCUT2D eigenvalue weighted by Crippen LogP contribution is 2.21. The molecule has 1 heterocycles. The second-order valence-corrected chi connectivity index (χ2v) is 2.19. The summed E-state index contributed by atoms with van der Waals surface area (Å²) < 4.78 is 9.69. The molecule has 12 heavy (non-hydrogen) atoms. The summed E-state index contributed by atoms with van der Waals surface area (Å²) in [6.45, 7) is 0.0237. The summed E-state index contributed by atoms with van der Waals surface area (Å²) in [5.74, 6) is 0.288. The molecule has 0 bridgehead atoms. The van der Waals surface area contributed by atoms with E-state index in [2.05, 4.69) is 4.74 Å². The summed E-state index contributed by atoms with van der Waals surface area (Å²) in [5.41, 5.74) is 0.499. The standard InChI is InChI=1S/C8H6O3.ClH/c9-8-6-3-1-2-4-7(6)10-5-11-8;/h1-4H,5H2;1H. The van der Waals surface area contributed by atoms with Crippen LogP contribution in [0.2, 0.25) is 0 Å². The first-order chi connectivity index (χ1) is 5.38. The zero-order valence-electron chi connectivity index (χ0n) is 6.15. The summed E-state index contributed by atoms with van der Waals surface area (Å²) >= 11 is 0. The summed E-state index contributed by atoms with van der Waals surface area (Å²) in [6, 6.07) is 7.01. The molecule has 0 saturated heterocycles. The molecule has 0 unspecified atom stereocenters. The minimum Gasteiger partial charge on any atom is -0.456 e. The van der Waals surface area contributed by atoms with Crippen LogP contribution in [-0.4, -0.2) is 12.8 Å². The Bertz CT molecular complexity index is 298. The zero-order valence-corrected chi connectivity index (χ0v) is 6.97. The Morgan fingerprint density at radius 2 is 1.92 bits per heavy atom. The molecule has 0 aliphatic carbocycles. The quantitative estimate of drug-likeness (QED) is 0.578. The molecule has 4 heteroatoms. The molecule has 0 fully saturated rings. The maximum Gasteiger partial charge on any atom is 0.344 e. The van der Waals surface area contributed by atoms with Gasteiger partial charge in [0.05, 0.1) is 0 Å². The van der Waals surface area contributed by atoms with Crippen molar-refractivity contribution in [1.82, 2.24) is 0 Å². The van der Waals surface area contributed by atoms with Gasteiger partial charge < -0.3 is 9.47 Å². The fourth-order valence-electron chi connectivity index (χ4n) is 0.985. The van der Waals surface area contributed by atoms with E-state index in [1.165, 1.54) is 0 Å². The summed E-state index contributed by atoms with van der Waals surface area (Å²) in [6.07, 6.45) is 0. The van der Waals surface area contributed by atoms with Gasteiger partial charge in [-0.3, -0.25) is 0 Å². The van der Waals surface area contributed by atoms with Crippen molar-refractivity contribution in [2.75, 3.05) is 6.79 Å². The molecule has 1 aromatic rings. The lowest BCUT2D eigenvalue weighted by atomic mass is 10.2. The van der Waals surface area contributed by atoms with Crippen LogP contribution in [0.5, 0.6) is 5.75 Å². The molecule has 1 aromatic carbocycles. The molecule has 0 atom stereocenters. The van der Waals surface area contributed by atoms with E-state index < -0.39 is 0 Å². The van der Waals surface area contributed by atoms with Crippen LogP contribution in [0, 0.1) is 0 Å². The van der Waals surface area contributed by atoms with E-state index in [9.17, 15) is 4.79 Å². The van der Waals surface area contributed by atoms with Gasteiger partial charge in [0.15, 0.2) is 0 Å². The number of benzene rings is 1. The molecular formula is C8H7ClO3. The molecule has 1 aliphatic rings. The van der Waals surface area contributed by atoms with Gasteiger partial charge in [-0.2, -0.15) is 0 Å². The largest absolute Gasteiger partial charge is 0.456 e. The van der Waals surface area contributed by atoms with E-state index in [0.717, 1.165) is 0 Å². The van der Waals surface area contributed by atoms with E-state index in [0.29, 0.717) is 11.3 Å². The fraction of sp³-hybridized carbons (Fsp3) is 0.125. The molecule has 0 aromatic heterocycles. The normalized spacial score (nSPS) is 13.5. The second-order valence-electron chi connectivity index (χ2n) is 2.19. The monoisotopic (exact) mass is 186 g/mol. The van der Waals surface area contributed by atoms with E-state index in [-0.39, 0.29) is 25.2 Å². The number of halogens is 1. The van der Waals surface area contributed by atoms with Crippen molar-refractivity contribution in [3.8, 4) is 5.75 Å². The van der Waals surface area contributed by atoms with Gasteiger partial charge in [0.1, 0.15) is 11.3 Å². The maximum absolute atomic E-state index is 11.0. The highest BCUT2D eigenvalue weighted by atomic mass is 35.5. The molecular weight excluding hydrogens is 180 g/mol. The third-order valence-electron chi connectivity index (χ3n) is 1.51. The van der Waals surface area contributed by atoms with Crippen LogP contribution in [0.4, 0.5) is 0 Å². The topological polar surface area (TPSA) is 35.5 Å². The van der Waals surface area contributed by atoms with Crippen molar-refractivity contribution in [1.29, 1.82) is 0 Å². The molecule has 0 amide bonds. The molecule has 64 valence electrons. The molecule has 0 N–H and O–H groups in total. The summed E-state index contributed by atoms with van der Waals surface area (Å²) in [4.78, 5) is 11.0. The Labute approximate surface area is 75.7 Å². The van der Waals surface area contributed by atoms with Crippen LogP contribution in [-0.2, 0) is 4.74 Å². The number of carbonyl (C=O) groups is 1. The number of hydrogen-bond acceptors (Lipinski definition) is 3. The number of ether oxygens (including phenoxy) is 2. The van der Waals surface area contributed by atoms with Crippen LogP contribution in [0.3, 0.4) is 0 Å². The minimum absolute atomic E-state index is 0. The predicted octanol–water partition coefficient (Wildman–Crippen LogP) is 1.62. The molecule has 0 saturated carbocycles. The van der Waals surface area contributed by atoms with Crippen molar-refractivity contribution in [3.05, 3.63) is 29.8 Å². The van der Waals surface area contributed by atoms with Gasteiger partial charge in [-0.15, -0.1) is 12.4 Å². The SMILES string of the molecule is Cl.O=C1OCOc2ccccc21. The van der Waals surface area contributed by atoms with Crippen LogP contribution in [0.25, 0.3) is 0 Å². The molecule has 3 nitrogen and oxygen atoms in total. The lowest BCUT2D eigenvalue weighted by Gasteiger charge is -2.15. The summed E-state index contributed by atoms with van der Waals surface area (Å²) in [5, 5.41) is 0. The lowest BCUT2D eigenvalue weighted by molar-refractivity contribution is 0.00492. The van der Waals surface area contributed by atoms with E-state index in [1.54, 1.807) is 18.2 Å². The van der Waals surface area contributed by atoms with Gasteiger partial charge in [-0.05, 0) is 12.1 Å². The van der Waals surface area contributed by atoms with Gasteiger partial charge in [-0.1, -0.05) is 12.1 Å². The molecule has 1 aliphatic heterocycles. The first-order valence-corrected chi connectivity index (χ1v) is 3.27. The van der Waals surface area contributed by atoms with E-state index in [4.69, 9.17) is 4.74 Å². The van der Waals surface area contributed by atoms with Crippen LogP contribution in [0.15, 0.2) is 24.3 Å². The third-order valence-corrected chi connectivity index (χ3v) is 1.51. The Hall–Kier alpha value is -1.22. The van der Waals surface area contributed by atoms with Crippen LogP contribution < -0.4 is 4.74 Å². The number of cyclic esters (lactones) is 1. The highest BCUT2D eigenvalue weighted by molar-refractivity contribution is 5.93. The first kappa shape index (κ1) is 8.87. The molecule has 2 rings (SSSR count). The number of fused-ring (bicyclic) bond motifs is 1. The van der Waals surface area contributed by atoms with Crippen LogP contribution >= 0.6 is 12.4 Å². The molecule has 0 radical (unpaired) electrons. The first-order valence-electron chi connectivity index (χ1n) is 3.27. The maximum atomic E-state index is 11.0. The second kappa shape index (κ2) is 3.45. The lowest BCUT2D eigenvalue weighted by Crippen LogP contribution is -2.17. The predicted molar refractivity (Wildman–Crippen MR) is 44.6 cm³/mol. The van der Waals surface area contributed by atoms with Crippen molar-refractivity contribution >= 4 is 18.4 Å². The Morgan fingerprint density at radius 3 is 2.67 bits per heavy atom.